The van der Waals surface area contributed by atoms with Crippen molar-refractivity contribution in [1.29, 1.82) is 0 Å². The number of anilines is 1. The Balaban J connectivity index is 1.51. The van der Waals surface area contributed by atoms with Crippen LogP contribution in [0.25, 0.3) is 11.3 Å². The molecule has 0 bridgehead atoms. The Hall–Kier alpha value is -3.50. The normalized spacial score (nSPS) is 11.5. The molecule has 0 saturated carbocycles. The van der Waals surface area contributed by atoms with E-state index in [4.69, 9.17) is 20.5 Å². The summed E-state index contributed by atoms with van der Waals surface area (Å²) < 4.78 is 33.8. The predicted molar refractivity (Wildman–Crippen MR) is 116 cm³/mol. The predicted octanol–water partition coefficient (Wildman–Crippen LogP) is 3.93. The standard InChI is InChI=1S/C21H17ClN4O5S/c1-12-18(19(26-31-12)15-5-3-4-6-16(15)22)20(27)23-21-25-24-17(30-21)11-13-7-9-14(10-8-13)32(2,28)29/h3-10H,11H2,1-2H3,(H,23,25,27). The maximum Gasteiger partial charge on any atom is 0.322 e. The Morgan fingerprint density at radius 1 is 1.09 bits per heavy atom. The topological polar surface area (TPSA) is 128 Å². The molecule has 9 nitrogen and oxygen atoms in total. The Kier molecular flexibility index (Phi) is 5.81. The summed E-state index contributed by atoms with van der Waals surface area (Å²) in [6.07, 6.45) is 1.41. The van der Waals surface area contributed by atoms with Crippen LogP contribution in [0.2, 0.25) is 5.02 Å². The minimum Gasteiger partial charge on any atom is -0.407 e. The molecule has 11 heteroatoms. The fourth-order valence-electron chi connectivity index (χ4n) is 3.04. The van der Waals surface area contributed by atoms with Crippen LogP contribution in [0.15, 0.2) is 62.4 Å². The molecule has 1 N–H and O–H groups in total. The van der Waals surface area contributed by atoms with Crippen molar-refractivity contribution in [3.05, 3.63) is 76.3 Å². The van der Waals surface area contributed by atoms with E-state index in [1.165, 1.54) is 12.1 Å². The minimum absolute atomic E-state index is 0.0940. The maximum absolute atomic E-state index is 12.9. The maximum atomic E-state index is 12.9. The van der Waals surface area contributed by atoms with Gasteiger partial charge >= 0.3 is 6.01 Å². The van der Waals surface area contributed by atoms with E-state index in [9.17, 15) is 13.2 Å². The molecule has 0 aliphatic heterocycles. The summed E-state index contributed by atoms with van der Waals surface area (Å²) in [5.74, 6) is 0.0234. The van der Waals surface area contributed by atoms with Crippen LogP contribution in [0.4, 0.5) is 6.01 Å². The van der Waals surface area contributed by atoms with Gasteiger partial charge in [0.2, 0.25) is 5.89 Å². The molecule has 0 spiro atoms. The third kappa shape index (κ3) is 4.56. The summed E-state index contributed by atoms with van der Waals surface area (Å²) in [4.78, 5) is 13.1. The lowest BCUT2D eigenvalue weighted by molar-refractivity contribution is 0.102. The summed E-state index contributed by atoms with van der Waals surface area (Å²) in [7, 11) is -3.27. The summed E-state index contributed by atoms with van der Waals surface area (Å²) in [6.45, 7) is 1.61. The van der Waals surface area contributed by atoms with Crippen LogP contribution in [0.1, 0.15) is 27.6 Å². The van der Waals surface area contributed by atoms with E-state index in [-0.39, 0.29) is 28.8 Å². The second-order valence-corrected chi connectivity index (χ2v) is 9.41. The average Bonchev–Trinajstić information content (AvgIpc) is 3.34. The first-order valence-electron chi connectivity index (χ1n) is 9.36. The van der Waals surface area contributed by atoms with Crippen molar-refractivity contribution < 1.29 is 22.2 Å². The molecule has 32 heavy (non-hydrogen) atoms. The SMILES string of the molecule is Cc1onc(-c2ccccc2Cl)c1C(=O)Nc1nnc(Cc2ccc(S(C)(=O)=O)cc2)o1. The molecule has 4 rings (SSSR count). The Bertz CT molecular complexity index is 1390. The highest BCUT2D eigenvalue weighted by Gasteiger charge is 2.24. The largest absolute Gasteiger partial charge is 0.407 e. The fraction of sp³-hybridized carbons (Fsp3) is 0.143. The summed E-state index contributed by atoms with van der Waals surface area (Å²) >= 11 is 6.23. The van der Waals surface area contributed by atoms with Crippen LogP contribution in [0.3, 0.4) is 0 Å². The van der Waals surface area contributed by atoms with Crippen LogP contribution in [0.5, 0.6) is 0 Å². The van der Waals surface area contributed by atoms with E-state index in [1.54, 1.807) is 43.3 Å². The zero-order valence-electron chi connectivity index (χ0n) is 17.0. The van der Waals surface area contributed by atoms with E-state index in [0.717, 1.165) is 11.8 Å². The van der Waals surface area contributed by atoms with Crippen molar-refractivity contribution in [3.63, 3.8) is 0 Å². The molecule has 164 valence electrons. The Morgan fingerprint density at radius 2 is 1.81 bits per heavy atom. The van der Waals surface area contributed by atoms with Gasteiger partial charge in [0.15, 0.2) is 9.84 Å². The molecule has 4 aromatic rings. The number of sulfone groups is 1. The molecule has 2 heterocycles. The van der Waals surface area contributed by atoms with Crippen LogP contribution in [-0.4, -0.2) is 35.9 Å². The van der Waals surface area contributed by atoms with Crippen molar-refractivity contribution in [3.8, 4) is 11.3 Å². The molecule has 0 atom stereocenters. The zero-order chi connectivity index (χ0) is 22.9. The van der Waals surface area contributed by atoms with Crippen LogP contribution in [0, 0.1) is 6.92 Å². The number of amides is 1. The van der Waals surface area contributed by atoms with Crippen molar-refractivity contribution >= 4 is 33.4 Å². The van der Waals surface area contributed by atoms with E-state index >= 15 is 0 Å². The first-order chi connectivity index (χ1) is 15.2. The quantitative estimate of drug-likeness (QED) is 0.447. The number of aromatic nitrogens is 3. The number of nitrogens with zero attached hydrogens (tertiary/aromatic N) is 3. The van der Waals surface area contributed by atoms with Crippen molar-refractivity contribution in [2.24, 2.45) is 0 Å². The monoisotopic (exact) mass is 472 g/mol. The number of hydrogen-bond donors (Lipinski definition) is 1. The molecule has 1 amide bonds. The number of hydrogen-bond acceptors (Lipinski definition) is 8. The highest BCUT2D eigenvalue weighted by molar-refractivity contribution is 7.90. The first-order valence-corrected chi connectivity index (χ1v) is 11.6. The molecule has 0 aliphatic rings. The number of rotatable bonds is 6. The molecule has 2 aromatic carbocycles. The summed E-state index contributed by atoms with van der Waals surface area (Å²) in [6, 6.07) is 13.2. The van der Waals surface area contributed by atoms with E-state index in [1.807, 2.05) is 0 Å². The number of nitrogens with one attached hydrogen (secondary N) is 1. The Morgan fingerprint density at radius 3 is 2.50 bits per heavy atom. The van der Waals surface area contributed by atoms with Gasteiger partial charge in [0.1, 0.15) is 17.0 Å². The third-order valence-electron chi connectivity index (χ3n) is 4.61. The molecular formula is C21H17ClN4O5S. The van der Waals surface area contributed by atoms with Crippen molar-refractivity contribution in [2.45, 2.75) is 18.2 Å². The fourth-order valence-corrected chi connectivity index (χ4v) is 3.90. The molecule has 2 aromatic heterocycles. The second kappa shape index (κ2) is 8.56. The smallest absolute Gasteiger partial charge is 0.322 e. The lowest BCUT2D eigenvalue weighted by Gasteiger charge is -2.04. The lowest BCUT2D eigenvalue weighted by atomic mass is 10.1. The van der Waals surface area contributed by atoms with E-state index in [0.29, 0.717) is 22.0 Å². The van der Waals surface area contributed by atoms with Gasteiger partial charge in [-0.25, -0.2) is 8.42 Å². The van der Waals surface area contributed by atoms with Gasteiger partial charge in [-0.05, 0) is 30.7 Å². The van der Waals surface area contributed by atoms with Gasteiger partial charge in [-0.15, -0.1) is 5.10 Å². The highest BCUT2D eigenvalue weighted by atomic mass is 35.5. The van der Waals surface area contributed by atoms with Gasteiger partial charge in [-0.3, -0.25) is 10.1 Å². The number of halogens is 1. The van der Waals surface area contributed by atoms with Crippen molar-refractivity contribution in [2.75, 3.05) is 11.6 Å². The molecular weight excluding hydrogens is 456 g/mol. The molecule has 0 saturated heterocycles. The highest BCUT2D eigenvalue weighted by Crippen LogP contribution is 2.31. The number of aryl methyl sites for hydroxylation is 1. The third-order valence-corrected chi connectivity index (χ3v) is 6.07. The van der Waals surface area contributed by atoms with E-state index < -0.39 is 15.7 Å². The minimum atomic E-state index is -3.27. The van der Waals surface area contributed by atoms with Gasteiger partial charge in [0.25, 0.3) is 5.91 Å². The van der Waals surface area contributed by atoms with Gasteiger partial charge < -0.3 is 8.94 Å². The summed E-state index contributed by atoms with van der Waals surface area (Å²) in [5, 5.41) is 14.7. The van der Waals surface area contributed by atoms with Crippen molar-refractivity contribution in [1.82, 2.24) is 15.4 Å². The van der Waals surface area contributed by atoms with Gasteiger partial charge in [0.05, 0.1) is 16.3 Å². The number of benzene rings is 2. The molecule has 0 unspecified atom stereocenters. The van der Waals surface area contributed by atoms with Crippen LogP contribution < -0.4 is 5.32 Å². The number of carbonyl (C=O) groups excluding carboxylic acids is 1. The molecule has 0 aliphatic carbocycles. The molecule has 0 radical (unpaired) electrons. The van der Waals surface area contributed by atoms with Gasteiger partial charge in [0, 0.05) is 11.8 Å². The first kappa shape index (κ1) is 21.7. The lowest BCUT2D eigenvalue weighted by Crippen LogP contribution is -2.13. The van der Waals surface area contributed by atoms with E-state index in [2.05, 4.69) is 20.7 Å². The van der Waals surface area contributed by atoms with Crippen LogP contribution in [-0.2, 0) is 16.3 Å². The van der Waals surface area contributed by atoms with Gasteiger partial charge in [-0.1, -0.05) is 52.2 Å². The van der Waals surface area contributed by atoms with Crippen LogP contribution >= 0.6 is 11.6 Å². The zero-order valence-corrected chi connectivity index (χ0v) is 18.6. The second-order valence-electron chi connectivity index (χ2n) is 6.99. The Labute approximate surface area is 188 Å². The van der Waals surface area contributed by atoms with Gasteiger partial charge in [-0.2, -0.15) is 0 Å². The molecule has 0 fully saturated rings. The number of carbonyl (C=O) groups is 1. The average molecular weight is 473 g/mol. The summed E-state index contributed by atoms with van der Waals surface area (Å²) in [5.41, 5.74) is 1.83.